The van der Waals surface area contributed by atoms with Crippen LogP contribution in [0.25, 0.3) is 6.08 Å². The molecule has 0 radical (unpaired) electrons. The number of ether oxygens (including phenoxy) is 1. The van der Waals surface area contributed by atoms with Crippen molar-refractivity contribution < 1.29 is 28.3 Å². The molecule has 0 aliphatic rings. The van der Waals surface area contributed by atoms with Crippen LogP contribution in [0, 0.1) is 21.4 Å². The van der Waals surface area contributed by atoms with E-state index in [9.17, 15) is 23.7 Å². The first kappa shape index (κ1) is 15.0. The molecular weight excluding hydrogens is 278 g/mol. The largest absolute Gasteiger partial charge is 0.478 e. The van der Waals surface area contributed by atoms with E-state index >= 15 is 0 Å². The van der Waals surface area contributed by atoms with E-state index in [2.05, 4.69) is 4.74 Å². The zero-order chi connectivity index (χ0) is 15.3. The molecule has 7 nitrogen and oxygen atoms in total. The van der Waals surface area contributed by atoms with Gasteiger partial charge in [0.15, 0.2) is 0 Å². The van der Waals surface area contributed by atoms with Gasteiger partial charge in [-0.15, -0.1) is 0 Å². The number of hydrogen-bond donors (Lipinski definition) is 1. The summed E-state index contributed by atoms with van der Waals surface area (Å²) in [6.07, 6.45) is 1.61. The average Bonchev–Trinajstić information content (AvgIpc) is 2.35. The number of nitro groups is 1. The van der Waals surface area contributed by atoms with Crippen LogP contribution in [0.3, 0.4) is 0 Å². The molecule has 104 valence electrons. The first-order chi connectivity index (χ1) is 9.35. The Hall–Kier alpha value is -3.02. The van der Waals surface area contributed by atoms with Gasteiger partial charge in [-0.2, -0.15) is 14.0 Å². The van der Waals surface area contributed by atoms with E-state index in [-0.39, 0.29) is 11.1 Å². The van der Waals surface area contributed by atoms with Crippen molar-refractivity contribution in [2.24, 2.45) is 0 Å². The maximum absolute atomic E-state index is 12.2. The van der Waals surface area contributed by atoms with Gasteiger partial charge in [-0.1, -0.05) is 0 Å². The Morgan fingerprint density at radius 2 is 2.20 bits per heavy atom. The van der Waals surface area contributed by atoms with Crippen LogP contribution in [0.5, 0.6) is 5.75 Å². The number of nitro benzene ring substituents is 1. The molecule has 0 spiro atoms. The minimum absolute atomic E-state index is 0.0869. The lowest BCUT2D eigenvalue weighted by molar-refractivity contribution is -0.386. The molecule has 0 atom stereocenters. The summed E-state index contributed by atoms with van der Waals surface area (Å²) in [5.74, 6) is -2.09. The summed E-state index contributed by atoms with van der Waals surface area (Å²) in [6.45, 7) is -3.29. The van der Waals surface area contributed by atoms with Gasteiger partial charge in [0.2, 0.25) is 5.75 Å². The highest BCUT2D eigenvalue weighted by Gasteiger charge is 2.21. The number of nitrogens with zero attached hydrogens (tertiary/aromatic N) is 2. The van der Waals surface area contributed by atoms with Crippen LogP contribution < -0.4 is 4.74 Å². The van der Waals surface area contributed by atoms with Gasteiger partial charge in [-0.3, -0.25) is 10.1 Å². The third-order valence-corrected chi connectivity index (χ3v) is 2.07. The predicted octanol–water partition coefficient (Wildman–Crippen LogP) is 2.17. The number of hydrogen-bond acceptors (Lipinski definition) is 5. The summed E-state index contributed by atoms with van der Waals surface area (Å²) in [5, 5.41) is 28.0. The van der Waals surface area contributed by atoms with Crippen LogP contribution in [-0.4, -0.2) is 22.6 Å². The molecule has 0 saturated heterocycles. The lowest BCUT2D eigenvalue weighted by atomic mass is 10.1. The van der Waals surface area contributed by atoms with Crippen LogP contribution in [0.2, 0.25) is 0 Å². The zero-order valence-corrected chi connectivity index (χ0v) is 9.62. The van der Waals surface area contributed by atoms with E-state index in [0.29, 0.717) is 6.08 Å². The van der Waals surface area contributed by atoms with E-state index in [1.165, 1.54) is 0 Å². The summed E-state index contributed by atoms with van der Waals surface area (Å²) in [6, 6.07) is 3.15. The second-order valence-corrected chi connectivity index (χ2v) is 3.33. The third-order valence-electron chi connectivity index (χ3n) is 2.07. The van der Waals surface area contributed by atoms with Gasteiger partial charge in [-0.25, -0.2) is 4.79 Å². The van der Waals surface area contributed by atoms with E-state index in [1.807, 2.05) is 0 Å². The van der Waals surface area contributed by atoms with Gasteiger partial charge < -0.3 is 9.84 Å². The van der Waals surface area contributed by atoms with E-state index in [1.54, 1.807) is 6.07 Å². The number of carboxylic acid groups (broad SMARTS) is 1. The molecule has 0 bridgehead atoms. The van der Waals surface area contributed by atoms with Gasteiger partial charge in [0.1, 0.15) is 6.07 Å². The number of carboxylic acids is 1. The summed E-state index contributed by atoms with van der Waals surface area (Å²) < 4.78 is 28.3. The molecule has 0 heterocycles. The Bertz CT molecular complexity index is 622. The van der Waals surface area contributed by atoms with Gasteiger partial charge in [0, 0.05) is 12.1 Å². The molecule has 0 unspecified atom stereocenters. The normalized spacial score (nSPS) is 10.5. The van der Waals surface area contributed by atoms with Crippen LogP contribution in [0.4, 0.5) is 14.5 Å². The van der Waals surface area contributed by atoms with Crippen molar-refractivity contribution in [3.63, 3.8) is 0 Å². The molecule has 20 heavy (non-hydrogen) atoms. The summed E-state index contributed by atoms with van der Waals surface area (Å²) in [5.41, 5.74) is -1.14. The standard InChI is InChI=1S/C11H6F2N2O5/c12-11(13)20-9-4-6(1-2-10(16)17)7(5-14)3-8(9)15(18)19/h1-4,11H,(H,16,17)/b2-1+. The van der Waals surface area contributed by atoms with Crippen LogP contribution in [0.1, 0.15) is 11.1 Å². The average molecular weight is 284 g/mol. The Labute approximate surface area is 110 Å². The molecule has 0 aliphatic carbocycles. The van der Waals surface area contributed by atoms with Gasteiger partial charge in [-0.05, 0) is 17.7 Å². The van der Waals surface area contributed by atoms with Gasteiger partial charge in [0.25, 0.3) is 0 Å². The van der Waals surface area contributed by atoms with Crippen molar-refractivity contribution in [3.8, 4) is 11.8 Å². The number of alkyl halides is 2. The highest BCUT2D eigenvalue weighted by Crippen LogP contribution is 2.32. The molecule has 9 heteroatoms. The summed E-state index contributed by atoms with van der Waals surface area (Å²) in [4.78, 5) is 20.1. The van der Waals surface area contributed by atoms with Crippen LogP contribution in [-0.2, 0) is 4.79 Å². The van der Waals surface area contributed by atoms with Gasteiger partial charge in [0.05, 0.1) is 10.5 Å². The zero-order valence-electron chi connectivity index (χ0n) is 9.62. The minimum atomic E-state index is -3.29. The molecular formula is C11H6F2N2O5. The van der Waals surface area contributed by atoms with Crippen molar-refractivity contribution >= 4 is 17.7 Å². The van der Waals surface area contributed by atoms with Crippen LogP contribution in [0.15, 0.2) is 18.2 Å². The first-order valence-corrected chi connectivity index (χ1v) is 4.93. The smallest absolute Gasteiger partial charge is 0.387 e. The monoisotopic (exact) mass is 284 g/mol. The van der Waals surface area contributed by atoms with Gasteiger partial charge >= 0.3 is 18.3 Å². The second kappa shape index (κ2) is 6.24. The maximum atomic E-state index is 12.2. The Morgan fingerprint density at radius 3 is 2.65 bits per heavy atom. The van der Waals surface area contributed by atoms with Crippen molar-refractivity contribution in [2.75, 3.05) is 0 Å². The molecule has 0 saturated carbocycles. The quantitative estimate of drug-likeness (QED) is 0.503. The predicted molar refractivity (Wildman–Crippen MR) is 61.1 cm³/mol. The lowest BCUT2D eigenvalue weighted by Gasteiger charge is -2.07. The number of halogens is 2. The Morgan fingerprint density at radius 1 is 1.55 bits per heavy atom. The second-order valence-electron chi connectivity index (χ2n) is 3.33. The maximum Gasteiger partial charge on any atom is 0.387 e. The van der Waals surface area contributed by atoms with Crippen molar-refractivity contribution in [1.29, 1.82) is 5.26 Å². The fourth-order valence-electron chi connectivity index (χ4n) is 1.31. The van der Waals surface area contributed by atoms with Crippen molar-refractivity contribution in [3.05, 3.63) is 39.4 Å². The third kappa shape index (κ3) is 3.74. The molecule has 1 rings (SSSR count). The summed E-state index contributed by atoms with van der Waals surface area (Å²) >= 11 is 0. The molecule has 1 N–H and O–H groups in total. The van der Waals surface area contributed by atoms with Crippen molar-refractivity contribution in [1.82, 2.24) is 0 Å². The number of carbonyl (C=O) groups is 1. The topological polar surface area (TPSA) is 113 Å². The number of benzene rings is 1. The van der Waals surface area contributed by atoms with E-state index in [4.69, 9.17) is 10.4 Å². The number of nitriles is 1. The fourth-order valence-corrected chi connectivity index (χ4v) is 1.31. The van der Waals surface area contributed by atoms with Crippen LogP contribution >= 0.6 is 0 Å². The number of rotatable bonds is 5. The highest BCUT2D eigenvalue weighted by molar-refractivity contribution is 5.86. The minimum Gasteiger partial charge on any atom is -0.478 e. The Balaban J connectivity index is 3.42. The molecule has 0 aliphatic heterocycles. The molecule has 0 aromatic heterocycles. The molecule has 1 aromatic rings. The Kier molecular flexibility index (Phi) is 4.69. The molecule has 1 aromatic carbocycles. The fraction of sp³-hybridized carbons (Fsp3) is 0.0909. The SMILES string of the molecule is N#Cc1cc([N+](=O)[O-])c(OC(F)F)cc1/C=C/C(=O)O. The highest BCUT2D eigenvalue weighted by atomic mass is 19.3. The lowest BCUT2D eigenvalue weighted by Crippen LogP contribution is -2.05. The number of aliphatic carboxylic acids is 1. The molecule has 0 amide bonds. The van der Waals surface area contributed by atoms with Crippen molar-refractivity contribution in [2.45, 2.75) is 6.61 Å². The van der Waals surface area contributed by atoms with E-state index in [0.717, 1.165) is 18.2 Å². The first-order valence-electron chi connectivity index (χ1n) is 4.93. The summed E-state index contributed by atoms with van der Waals surface area (Å²) in [7, 11) is 0. The van der Waals surface area contributed by atoms with E-state index < -0.39 is 28.9 Å². The molecule has 0 fully saturated rings.